The van der Waals surface area contributed by atoms with Crippen LogP contribution >= 0.6 is 11.6 Å². The molecule has 2 N–H and O–H groups in total. The molecule has 2 amide bonds. The van der Waals surface area contributed by atoms with Gasteiger partial charge in [0.1, 0.15) is 22.9 Å². The minimum atomic E-state index is -1.36. The molecule has 0 aliphatic heterocycles. The van der Waals surface area contributed by atoms with E-state index in [0.29, 0.717) is 0 Å². The second kappa shape index (κ2) is 8.95. The molecule has 0 fully saturated rings. The third kappa shape index (κ3) is 5.14. The lowest BCUT2D eigenvalue weighted by Crippen LogP contribution is -2.43. The lowest BCUT2D eigenvalue weighted by Gasteiger charge is -2.11. The fourth-order valence-corrected chi connectivity index (χ4v) is 2.16. The summed E-state index contributed by atoms with van der Waals surface area (Å²) in [7, 11) is 1.35. The first-order valence-corrected chi connectivity index (χ1v) is 7.75. The van der Waals surface area contributed by atoms with Gasteiger partial charge in [-0.1, -0.05) is 17.7 Å². The van der Waals surface area contributed by atoms with Gasteiger partial charge in [0.2, 0.25) is 0 Å². The monoisotopic (exact) mass is 398 g/mol. The van der Waals surface area contributed by atoms with Gasteiger partial charge in [-0.05, 0) is 30.3 Å². The summed E-state index contributed by atoms with van der Waals surface area (Å²) < 4.78 is 36.4. The molecule has 0 atom stereocenters. The van der Waals surface area contributed by atoms with Gasteiger partial charge in [0.25, 0.3) is 11.8 Å². The topological polar surface area (TPSA) is 93.7 Å². The number of esters is 1. The van der Waals surface area contributed by atoms with Crippen molar-refractivity contribution in [3.05, 3.63) is 64.2 Å². The Labute approximate surface area is 157 Å². The number of benzene rings is 2. The van der Waals surface area contributed by atoms with Gasteiger partial charge in [-0.2, -0.15) is 0 Å². The lowest BCUT2D eigenvalue weighted by atomic mass is 10.2. The number of methoxy groups -OCH3 is 1. The van der Waals surface area contributed by atoms with Crippen LogP contribution in [0, 0.1) is 11.6 Å². The first kappa shape index (κ1) is 20.1. The van der Waals surface area contributed by atoms with E-state index in [-0.39, 0.29) is 16.3 Å². The van der Waals surface area contributed by atoms with Crippen molar-refractivity contribution >= 4 is 29.4 Å². The number of nitrogens with one attached hydrogen (secondary N) is 2. The Morgan fingerprint density at radius 1 is 1.07 bits per heavy atom. The highest BCUT2D eigenvalue weighted by Gasteiger charge is 2.20. The van der Waals surface area contributed by atoms with Crippen molar-refractivity contribution in [2.24, 2.45) is 0 Å². The van der Waals surface area contributed by atoms with Crippen molar-refractivity contribution in [2.45, 2.75) is 0 Å². The van der Waals surface area contributed by atoms with Crippen LogP contribution in [0.4, 0.5) is 8.78 Å². The van der Waals surface area contributed by atoms with E-state index in [0.717, 1.165) is 18.2 Å². The summed E-state index contributed by atoms with van der Waals surface area (Å²) in [4.78, 5) is 35.4. The largest absolute Gasteiger partial charge is 0.496 e. The summed E-state index contributed by atoms with van der Waals surface area (Å²) in [5.41, 5.74) is 3.19. The van der Waals surface area contributed by atoms with Crippen LogP contribution in [-0.2, 0) is 9.53 Å². The molecule has 0 aliphatic rings. The van der Waals surface area contributed by atoms with Crippen molar-refractivity contribution < 1.29 is 32.6 Å². The fourth-order valence-electron chi connectivity index (χ4n) is 1.98. The average molecular weight is 399 g/mol. The van der Waals surface area contributed by atoms with Crippen LogP contribution in [0.3, 0.4) is 0 Å². The maximum atomic E-state index is 13.4. The predicted octanol–water partition coefficient (Wildman–Crippen LogP) is 2.24. The van der Waals surface area contributed by atoms with Gasteiger partial charge in [0.05, 0.1) is 12.7 Å². The first-order valence-electron chi connectivity index (χ1n) is 7.37. The van der Waals surface area contributed by atoms with Crippen LogP contribution in [0.5, 0.6) is 5.75 Å². The number of ether oxygens (including phenoxy) is 2. The van der Waals surface area contributed by atoms with Crippen LogP contribution in [-0.4, -0.2) is 31.5 Å². The lowest BCUT2D eigenvalue weighted by molar-refractivity contribution is -0.125. The number of carbonyl (C=O) groups is 3. The van der Waals surface area contributed by atoms with Gasteiger partial charge in [0, 0.05) is 5.02 Å². The Kier molecular flexibility index (Phi) is 6.67. The number of hydrogen-bond acceptors (Lipinski definition) is 5. The molecule has 2 aromatic rings. The van der Waals surface area contributed by atoms with E-state index in [1.807, 2.05) is 5.43 Å². The molecule has 0 bridgehead atoms. The second-order valence-corrected chi connectivity index (χ2v) is 5.46. The van der Waals surface area contributed by atoms with Gasteiger partial charge in [0.15, 0.2) is 6.61 Å². The quantitative estimate of drug-likeness (QED) is 0.595. The predicted molar refractivity (Wildman–Crippen MR) is 90.3 cm³/mol. The summed E-state index contributed by atoms with van der Waals surface area (Å²) in [6, 6.07) is 7.12. The SMILES string of the molecule is COc1ccc(Cl)cc1C(=O)NNC(=O)COC(=O)c1c(F)cccc1F. The van der Waals surface area contributed by atoms with E-state index >= 15 is 0 Å². The molecule has 10 heteroatoms. The molecule has 0 unspecified atom stereocenters. The molecule has 7 nitrogen and oxygen atoms in total. The summed E-state index contributed by atoms with van der Waals surface area (Å²) in [6.07, 6.45) is 0. The molecule has 0 heterocycles. The van der Waals surface area contributed by atoms with Crippen LogP contribution < -0.4 is 15.6 Å². The highest BCUT2D eigenvalue weighted by atomic mass is 35.5. The molecule has 2 rings (SSSR count). The molecule has 0 aliphatic carbocycles. The van der Waals surface area contributed by atoms with Crippen molar-refractivity contribution in [2.75, 3.05) is 13.7 Å². The normalized spacial score (nSPS) is 10.1. The molecule has 0 saturated carbocycles. The van der Waals surface area contributed by atoms with E-state index in [1.165, 1.54) is 25.3 Å². The highest BCUT2D eigenvalue weighted by molar-refractivity contribution is 6.31. The smallest absolute Gasteiger partial charge is 0.344 e. The number of amides is 2. The van der Waals surface area contributed by atoms with Crippen molar-refractivity contribution in [1.82, 2.24) is 10.9 Å². The Morgan fingerprint density at radius 2 is 1.74 bits per heavy atom. The van der Waals surface area contributed by atoms with E-state index in [2.05, 4.69) is 10.2 Å². The average Bonchev–Trinajstić information content (AvgIpc) is 2.64. The zero-order valence-electron chi connectivity index (χ0n) is 13.8. The Morgan fingerprint density at radius 3 is 2.37 bits per heavy atom. The van der Waals surface area contributed by atoms with E-state index in [4.69, 9.17) is 16.3 Å². The molecular formula is C17H13ClF2N2O5. The van der Waals surface area contributed by atoms with E-state index < -0.39 is 41.6 Å². The molecule has 0 saturated heterocycles. The Bertz CT molecular complexity index is 871. The fraction of sp³-hybridized carbons (Fsp3) is 0.118. The van der Waals surface area contributed by atoms with E-state index in [9.17, 15) is 23.2 Å². The zero-order valence-corrected chi connectivity index (χ0v) is 14.6. The second-order valence-electron chi connectivity index (χ2n) is 5.02. The van der Waals surface area contributed by atoms with Gasteiger partial charge in [-0.15, -0.1) is 0 Å². The standard InChI is InChI=1S/C17H13ClF2N2O5/c1-26-13-6-5-9(18)7-10(13)16(24)22-21-14(23)8-27-17(25)15-11(19)3-2-4-12(15)20/h2-7H,8H2,1H3,(H,21,23)(H,22,24). The van der Waals surface area contributed by atoms with Crippen molar-refractivity contribution in [3.63, 3.8) is 0 Å². The minimum Gasteiger partial charge on any atom is -0.496 e. The van der Waals surface area contributed by atoms with Gasteiger partial charge < -0.3 is 9.47 Å². The molecule has 0 radical (unpaired) electrons. The van der Waals surface area contributed by atoms with Crippen molar-refractivity contribution in [1.29, 1.82) is 0 Å². The van der Waals surface area contributed by atoms with Gasteiger partial charge in [-0.3, -0.25) is 20.4 Å². The van der Waals surface area contributed by atoms with Gasteiger partial charge in [-0.25, -0.2) is 13.6 Å². The highest BCUT2D eigenvalue weighted by Crippen LogP contribution is 2.22. The molecule has 0 spiro atoms. The number of carbonyl (C=O) groups excluding carboxylic acids is 3. The maximum Gasteiger partial charge on any atom is 0.344 e. The Hall–Kier alpha value is -3.20. The first-order chi connectivity index (χ1) is 12.8. The Balaban J connectivity index is 1.90. The van der Waals surface area contributed by atoms with Gasteiger partial charge >= 0.3 is 5.97 Å². The maximum absolute atomic E-state index is 13.4. The summed E-state index contributed by atoms with van der Waals surface area (Å²) in [6.45, 7) is -0.875. The van der Waals surface area contributed by atoms with E-state index in [1.54, 1.807) is 0 Å². The molecule has 2 aromatic carbocycles. The number of halogens is 3. The number of hydrazine groups is 1. The molecule has 142 valence electrons. The summed E-state index contributed by atoms with van der Waals surface area (Å²) in [5, 5.41) is 0.271. The molecule has 27 heavy (non-hydrogen) atoms. The van der Waals surface area contributed by atoms with Crippen LogP contribution in [0.25, 0.3) is 0 Å². The third-order valence-electron chi connectivity index (χ3n) is 3.22. The zero-order chi connectivity index (χ0) is 20.0. The van der Waals surface area contributed by atoms with Crippen LogP contribution in [0.1, 0.15) is 20.7 Å². The molecular weight excluding hydrogens is 386 g/mol. The summed E-state index contributed by atoms with van der Waals surface area (Å²) in [5.74, 6) is -5.07. The minimum absolute atomic E-state index is 0.0516. The summed E-state index contributed by atoms with van der Waals surface area (Å²) >= 11 is 5.81. The number of hydrogen-bond donors (Lipinski definition) is 2. The molecule has 0 aromatic heterocycles. The van der Waals surface area contributed by atoms with Crippen LogP contribution in [0.2, 0.25) is 5.02 Å². The van der Waals surface area contributed by atoms with Crippen LogP contribution in [0.15, 0.2) is 36.4 Å². The van der Waals surface area contributed by atoms with Crippen molar-refractivity contribution in [3.8, 4) is 5.75 Å². The number of rotatable bonds is 5. The third-order valence-corrected chi connectivity index (χ3v) is 3.46.